The minimum atomic E-state index is -0.332. The Kier molecular flexibility index (Phi) is 15.9. The number of allylic oxidation sites excluding steroid dienone is 21. The Hall–Kier alpha value is -2.94. The Morgan fingerprint density at radius 3 is 1.74 bits per heavy atom. The lowest BCUT2D eigenvalue weighted by molar-refractivity contribution is 0.117. The van der Waals surface area contributed by atoms with E-state index in [2.05, 4.69) is 161 Å². The van der Waals surface area contributed by atoms with Gasteiger partial charge < -0.3 is 10.2 Å². The highest BCUT2D eigenvalue weighted by Crippen LogP contribution is 2.42. The number of hydrogen-bond donors (Lipinski definition) is 2. The molecule has 2 N–H and O–H groups in total. The normalized spacial score (nSPS) is 22.0. The van der Waals surface area contributed by atoms with Crippen LogP contribution in [0.2, 0.25) is 0 Å². The molecule has 0 aliphatic heterocycles. The van der Waals surface area contributed by atoms with Crippen LogP contribution >= 0.6 is 0 Å². The number of aliphatic hydroxyl groups excluding tert-OH is 2. The summed E-state index contributed by atoms with van der Waals surface area (Å²) < 4.78 is 0. The summed E-state index contributed by atoms with van der Waals surface area (Å²) in [6, 6.07) is 0. The van der Waals surface area contributed by atoms with Gasteiger partial charge in [-0.25, -0.2) is 0 Å². The standard InChI is InChI=1S/C41H60O2/c1-30(2)38(40(9,10)28-36(8)42)25-23-33(5)21-15-19-31(3)17-13-14-18-32(4)20-16-22-34(6)24-26-39-35(7)27-37(43)29-41(39,11)12/h13-27,36-37,39,42-43H,28-29H2,1-12H3/b14-13+,19-15+,20-16+,25-23+,26-24+,31-17+,32-18+,33-21+,34-22+/t36-,37+,39?/m1/s1. The van der Waals surface area contributed by atoms with E-state index in [4.69, 9.17) is 0 Å². The van der Waals surface area contributed by atoms with Crippen molar-refractivity contribution in [3.63, 3.8) is 0 Å². The zero-order chi connectivity index (χ0) is 32.8. The van der Waals surface area contributed by atoms with Crippen LogP contribution in [0.3, 0.4) is 0 Å². The summed E-state index contributed by atoms with van der Waals surface area (Å²) in [4.78, 5) is 0. The van der Waals surface area contributed by atoms with Crippen LogP contribution in [-0.2, 0) is 0 Å². The first kappa shape index (κ1) is 38.1. The summed E-state index contributed by atoms with van der Waals surface area (Å²) in [5, 5.41) is 20.0. The lowest BCUT2D eigenvalue weighted by Crippen LogP contribution is -2.32. The summed E-state index contributed by atoms with van der Waals surface area (Å²) in [7, 11) is 0. The molecule has 0 heterocycles. The molecule has 0 amide bonds. The average Bonchev–Trinajstić information content (AvgIpc) is 2.84. The molecule has 0 bridgehead atoms. The maximum absolute atomic E-state index is 10.1. The molecule has 0 spiro atoms. The van der Waals surface area contributed by atoms with Gasteiger partial charge in [-0.2, -0.15) is 0 Å². The van der Waals surface area contributed by atoms with Crippen LogP contribution in [0.15, 0.2) is 130 Å². The van der Waals surface area contributed by atoms with Gasteiger partial charge in [-0.3, -0.25) is 0 Å². The third kappa shape index (κ3) is 14.9. The SMILES string of the molecule is CC1=C[C@H](O)CC(C)(C)C1/C=C/C(C)=C/C=C/C(C)=C/C=C/C=C(C)/C=C/C=C(C)/C=C/C(=C(C)C)C(C)(C)C[C@@H](C)O. The second-order valence-corrected chi connectivity index (χ2v) is 13.9. The van der Waals surface area contributed by atoms with E-state index >= 15 is 0 Å². The van der Waals surface area contributed by atoms with E-state index < -0.39 is 0 Å². The van der Waals surface area contributed by atoms with Crippen molar-refractivity contribution in [1.29, 1.82) is 0 Å². The van der Waals surface area contributed by atoms with E-state index in [1.165, 1.54) is 39.0 Å². The van der Waals surface area contributed by atoms with Crippen molar-refractivity contribution in [1.82, 2.24) is 0 Å². The van der Waals surface area contributed by atoms with Crippen LogP contribution in [0, 0.1) is 16.7 Å². The molecule has 3 atom stereocenters. The summed E-state index contributed by atoms with van der Waals surface area (Å²) >= 11 is 0. The van der Waals surface area contributed by atoms with E-state index in [-0.39, 0.29) is 23.0 Å². The zero-order valence-electron chi connectivity index (χ0n) is 29.2. The second kappa shape index (κ2) is 18.0. The van der Waals surface area contributed by atoms with Gasteiger partial charge in [0.2, 0.25) is 0 Å². The minimum absolute atomic E-state index is 0.0554. The Labute approximate surface area is 264 Å². The molecule has 1 aliphatic carbocycles. The van der Waals surface area contributed by atoms with Gasteiger partial charge in [-0.15, -0.1) is 0 Å². The van der Waals surface area contributed by atoms with Gasteiger partial charge in [0.25, 0.3) is 0 Å². The lowest BCUT2D eigenvalue weighted by atomic mass is 9.67. The smallest absolute Gasteiger partial charge is 0.0729 e. The number of rotatable bonds is 13. The highest BCUT2D eigenvalue weighted by molar-refractivity contribution is 5.36. The first-order valence-corrected chi connectivity index (χ1v) is 15.7. The van der Waals surface area contributed by atoms with Crippen LogP contribution in [0.5, 0.6) is 0 Å². The summed E-state index contributed by atoms with van der Waals surface area (Å²) in [5.41, 5.74) is 8.54. The Balaban J connectivity index is 2.73. The molecular weight excluding hydrogens is 524 g/mol. The maximum Gasteiger partial charge on any atom is 0.0729 e. The quantitative estimate of drug-likeness (QED) is 0.167. The van der Waals surface area contributed by atoms with E-state index in [1.54, 1.807) is 0 Å². The van der Waals surface area contributed by atoms with Gasteiger partial charge in [0.1, 0.15) is 0 Å². The molecule has 1 unspecified atom stereocenters. The number of aliphatic hydroxyl groups is 2. The van der Waals surface area contributed by atoms with E-state index in [9.17, 15) is 10.2 Å². The van der Waals surface area contributed by atoms with Crippen LogP contribution in [0.1, 0.15) is 95.9 Å². The fourth-order valence-corrected chi connectivity index (χ4v) is 5.88. The fourth-order valence-electron chi connectivity index (χ4n) is 5.88. The first-order valence-electron chi connectivity index (χ1n) is 15.7. The number of hydrogen-bond acceptors (Lipinski definition) is 2. The third-order valence-corrected chi connectivity index (χ3v) is 7.93. The fraction of sp³-hybridized carbons (Fsp3) is 0.463. The predicted molar refractivity (Wildman–Crippen MR) is 191 cm³/mol. The molecule has 0 fully saturated rings. The van der Waals surface area contributed by atoms with Crippen molar-refractivity contribution in [3.05, 3.63) is 130 Å². The van der Waals surface area contributed by atoms with Crippen LogP contribution in [-0.4, -0.2) is 22.4 Å². The van der Waals surface area contributed by atoms with Crippen molar-refractivity contribution in [2.24, 2.45) is 16.7 Å². The molecular formula is C41H60O2. The molecule has 0 radical (unpaired) electrons. The Bertz CT molecular complexity index is 1250. The van der Waals surface area contributed by atoms with Crippen molar-refractivity contribution in [3.8, 4) is 0 Å². The van der Waals surface area contributed by atoms with Gasteiger partial charge in [-0.05, 0) is 84.6 Å². The molecule has 0 aromatic heterocycles. The lowest BCUT2D eigenvalue weighted by Gasteiger charge is -2.38. The van der Waals surface area contributed by atoms with Crippen LogP contribution < -0.4 is 0 Å². The second-order valence-electron chi connectivity index (χ2n) is 13.9. The van der Waals surface area contributed by atoms with Gasteiger partial charge in [0.15, 0.2) is 0 Å². The van der Waals surface area contributed by atoms with E-state index in [0.717, 1.165) is 12.8 Å². The van der Waals surface area contributed by atoms with Crippen LogP contribution in [0.25, 0.3) is 0 Å². The predicted octanol–water partition coefficient (Wildman–Crippen LogP) is 11.0. The zero-order valence-corrected chi connectivity index (χ0v) is 29.2. The van der Waals surface area contributed by atoms with Gasteiger partial charge in [-0.1, -0.05) is 152 Å². The molecule has 2 heteroatoms. The molecule has 1 aliphatic rings. The molecule has 2 nitrogen and oxygen atoms in total. The third-order valence-electron chi connectivity index (χ3n) is 7.93. The van der Waals surface area contributed by atoms with E-state index in [1.807, 2.05) is 13.0 Å². The Morgan fingerprint density at radius 2 is 1.28 bits per heavy atom. The summed E-state index contributed by atoms with van der Waals surface area (Å²) in [6.45, 7) is 25.6. The molecule has 0 aromatic carbocycles. The summed E-state index contributed by atoms with van der Waals surface area (Å²) in [6.07, 6.45) is 32.8. The molecule has 236 valence electrons. The van der Waals surface area contributed by atoms with Crippen molar-refractivity contribution >= 4 is 0 Å². The minimum Gasteiger partial charge on any atom is -0.393 e. The highest BCUT2D eigenvalue weighted by Gasteiger charge is 2.34. The molecule has 0 aromatic rings. The van der Waals surface area contributed by atoms with Crippen molar-refractivity contribution < 1.29 is 10.2 Å². The van der Waals surface area contributed by atoms with Gasteiger partial charge in [0.05, 0.1) is 12.2 Å². The van der Waals surface area contributed by atoms with Gasteiger partial charge >= 0.3 is 0 Å². The van der Waals surface area contributed by atoms with Crippen molar-refractivity contribution in [2.75, 3.05) is 0 Å². The largest absolute Gasteiger partial charge is 0.393 e. The maximum atomic E-state index is 10.1. The highest BCUT2D eigenvalue weighted by atomic mass is 16.3. The molecule has 0 saturated heterocycles. The first-order chi connectivity index (χ1) is 19.9. The molecule has 43 heavy (non-hydrogen) atoms. The molecule has 0 saturated carbocycles. The van der Waals surface area contributed by atoms with E-state index in [0.29, 0.717) is 5.92 Å². The van der Waals surface area contributed by atoms with Crippen LogP contribution in [0.4, 0.5) is 0 Å². The molecule has 1 rings (SSSR count). The topological polar surface area (TPSA) is 40.5 Å². The summed E-state index contributed by atoms with van der Waals surface area (Å²) in [5.74, 6) is 0.346. The average molecular weight is 585 g/mol. The van der Waals surface area contributed by atoms with Gasteiger partial charge in [0, 0.05) is 5.92 Å². The Morgan fingerprint density at radius 1 is 0.814 bits per heavy atom. The van der Waals surface area contributed by atoms with Crippen molar-refractivity contribution in [2.45, 2.75) is 108 Å². The monoisotopic (exact) mass is 584 g/mol.